The maximum atomic E-state index is 12.7. The van der Waals surface area contributed by atoms with Gasteiger partial charge in [0.2, 0.25) is 5.95 Å². The molecule has 0 aromatic carbocycles. The zero-order valence-electron chi connectivity index (χ0n) is 6.59. The fourth-order valence-electron chi connectivity index (χ4n) is 1.08. The van der Waals surface area contributed by atoms with Crippen LogP contribution in [-0.2, 0) is 0 Å². The normalized spacial score (nSPS) is 10.3. The van der Waals surface area contributed by atoms with Crippen LogP contribution in [0.4, 0.5) is 4.39 Å². The van der Waals surface area contributed by atoms with Crippen LogP contribution in [0.5, 0.6) is 0 Å². The molecule has 2 aromatic rings. The molecule has 0 fully saturated rings. The lowest BCUT2D eigenvalue weighted by molar-refractivity contribution is 0.584. The minimum absolute atomic E-state index is 0.0344. The first-order valence-electron chi connectivity index (χ1n) is 3.72. The average Bonchev–Trinajstić information content (AvgIpc) is 2.62. The molecule has 0 atom stereocenters. The van der Waals surface area contributed by atoms with Gasteiger partial charge in [0.25, 0.3) is 0 Å². The fourth-order valence-corrected chi connectivity index (χ4v) is 1.24. The second kappa shape index (κ2) is 3.18. The van der Waals surface area contributed by atoms with Crippen LogP contribution in [0.2, 0.25) is 5.02 Å². The molecule has 2 nitrogen and oxygen atoms in total. The van der Waals surface area contributed by atoms with E-state index in [4.69, 9.17) is 11.6 Å². The number of aromatic nitrogens is 2. The zero-order valence-corrected chi connectivity index (χ0v) is 7.35. The van der Waals surface area contributed by atoms with E-state index in [1.54, 1.807) is 6.20 Å². The Balaban J connectivity index is 2.49. The highest BCUT2D eigenvalue weighted by Gasteiger charge is 2.03. The zero-order chi connectivity index (χ0) is 9.26. The van der Waals surface area contributed by atoms with Gasteiger partial charge in [-0.2, -0.15) is 4.39 Å². The van der Waals surface area contributed by atoms with Crippen LogP contribution in [0.1, 0.15) is 0 Å². The van der Waals surface area contributed by atoms with Crippen LogP contribution in [-0.4, -0.2) is 9.97 Å². The van der Waals surface area contributed by atoms with Gasteiger partial charge < -0.3 is 4.98 Å². The summed E-state index contributed by atoms with van der Waals surface area (Å²) < 4.78 is 12.7. The summed E-state index contributed by atoms with van der Waals surface area (Å²) in [4.78, 5) is 6.50. The summed E-state index contributed by atoms with van der Waals surface area (Å²) in [6.07, 6.45) is 3.22. The van der Waals surface area contributed by atoms with Gasteiger partial charge in [0.05, 0.1) is 5.02 Å². The van der Waals surface area contributed by atoms with Gasteiger partial charge in [-0.25, -0.2) is 4.98 Å². The van der Waals surface area contributed by atoms with E-state index in [9.17, 15) is 4.39 Å². The summed E-state index contributed by atoms with van der Waals surface area (Å²) in [5, 5.41) is 0.0344. The summed E-state index contributed by atoms with van der Waals surface area (Å²) in [6.45, 7) is 0. The van der Waals surface area contributed by atoms with Crippen molar-refractivity contribution in [3.63, 3.8) is 0 Å². The van der Waals surface area contributed by atoms with Crippen molar-refractivity contribution in [2.45, 2.75) is 0 Å². The Bertz CT molecular complexity index is 412. The summed E-state index contributed by atoms with van der Waals surface area (Å²) in [5.41, 5.74) is 1.64. The number of aromatic amines is 1. The van der Waals surface area contributed by atoms with Crippen LogP contribution in [0.15, 0.2) is 30.6 Å². The molecule has 0 amide bonds. The van der Waals surface area contributed by atoms with Gasteiger partial charge in [-0.15, -0.1) is 0 Å². The number of pyridine rings is 1. The molecule has 0 aliphatic rings. The monoisotopic (exact) mass is 196 g/mol. The number of H-pyrrole nitrogens is 1. The molecule has 2 heterocycles. The van der Waals surface area contributed by atoms with Gasteiger partial charge >= 0.3 is 0 Å². The third kappa shape index (κ3) is 1.55. The second-order valence-corrected chi connectivity index (χ2v) is 2.99. The largest absolute Gasteiger partial charge is 0.361 e. The van der Waals surface area contributed by atoms with Crippen molar-refractivity contribution in [2.24, 2.45) is 0 Å². The number of nitrogens with one attached hydrogen (secondary N) is 1. The highest BCUT2D eigenvalue weighted by Crippen LogP contribution is 2.21. The Labute approximate surface area is 79.4 Å². The molecule has 0 aliphatic heterocycles. The molecule has 0 bridgehead atoms. The van der Waals surface area contributed by atoms with Crippen LogP contribution < -0.4 is 0 Å². The van der Waals surface area contributed by atoms with Gasteiger partial charge in [-0.05, 0) is 18.2 Å². The molecular formula is C9H6ClFN2. The van der Waals surface area contributed by atoms with Gasteiger partial charge in [0.15, 0.2) is 0 Å². The van der Waals surface area contributed by atoms with E-state index in [-0.39, 0.29) is 5.02 Å². The minimum Gasteiger partial charge on any atom is -0.361 e. The van der Waals surface area contributed by atoms with Crippen molar-refractivity contribution in [3.05, 3.63) is 41.6 Å². The van der Waals surface area contributed by atoms with Gasteiger partial charge in [-0.1, -0.05) is 11.6 Å². The maximum absolute atomic E-state index is 12.7. The molecule has 0 aliphatic carbocycles. The van der Waals surface area contributed by atoms with E-state index in [0.29, 0.717) is 0 Å². The average molecular weight is 197 g/mol. The van der Waals surface area contributed by atoms with Crippen molar-refractivity contribution in [2.75, 3.05) is 0 Å². The Kier molecular flexibility index (Phi) is 2.02. The predicted molar refractivity (Wildman–Crippen MR) is 49.0 cm³/mol. The molecule has 1 N–H and O–H groups in total. The number of rotatable bonds is 1. The second-order valence-electron chi connectivity index (χ2n) is 2.58. The number of hydrogen-bond donors (Lipinski definition) is 1. The Morgan fingerprint density at radius 3 is 2.92 bits per heavy atom. The van der Waals surface area contributed by atoms with Crippen LogP contribution in [0.25, 0.3) is 11.3 Å². The minimum atomic E-state index is -0.642. The Morgan fingerprint density at radius 1 is 1.46 bits per heavy atom. The van der Waals surface area contributed by atoms with Crippen molar-refractivity contribution in [3.8, 4) is 11.3 Å². The highest BCUT2D eigenvalue weighted by molar-refractivity contribution is 6.30. The molecule has 0 radical (unpaired) electrons. The Morgan fingerprint density at radius 2 is 2.31 bits per heavy atom. The van der Waals surface area contributed by atoms with Gasteiger partial charge in [0.1, 0.15) is 0 Å². The first-order valence-corrected chi connectivity index (χ1v) is 4.10. The fraction of sp³-hybridized carbons (Fsp3) is 0. The quantitative estimate of drug-likeness (QED) is 0.698. The smallest absolute Gasteiger partial charge is 0.231 e. The van der Waals surface area contributed by atoms with E-state index >= 15 is 0 Å². The molecule has 0 saturated heterocycles. The Hall–Kier alpha value is -1.35. The molecular weight excluding hydrogens is 191 g/mol. The lowest BCUT2D eigenvalue weighted by Crippen LogP contribution is -1.85. The van der Waals surface area contributed by atoms with Crippen molar-refractivity contribution in [1.29, 1.82) is 0 Å². The summed E-state index contributed by atoms with van der Waals surface area (Å²) in [7, 11) is 0. The maximum Gasteiger partial charge on any atom is 0.231 e. The summed E-state index contributed by atoms with van der Waals surface area (Å²) in [5.74, 6) is -0.642. The molecule has 0 saturated carbocycles. The predicted octanol–water partition coefficient (Wildman–Crippen LogP) is 2.87. The number of hydrogen-bond acceptors (Lipinski definition) is 1. The lowest BCUT2D eigenvalue weighted by Gasteiger charge is -1.98. The highest BCUT2D eigenvalue weighted by atomic mass is 35.5. The molecule has 4 heteroatoms. The third-order valence-electron chi connectivity index (χ3n) is 1.71. The summed E-state index contributed by atoms with van der Waals surface area (Å²) >= 11 is 5.58. The third-order valence-corrected chi connectivity index (χ3v) is 1.97. The van der Waals surface area contributed by atoms with Gasteiger partial charge in [-0.3, -0.25) is 0 Å². The van der Waals surface area contributed by atoms with Crippen molar-refractivity contribution in [1.82, 2.24) is 9.97 Å². The van der Waals surface area contributed by atoms with Crippen molar-refractivity contribution < 1.29 is 4.39 Å². The first-order chi connectivity index (χ1) is 6.27. The standard InChI is InChI=1S/C9H6ClFN2/c10-7-4-6(5-13-9(7)11)8-2-1-3-12-8/h1-5,12H. The SMILES string of the molecule is Fc1ncc(-c2ccc[nH]2)cc1Cl. The number of halogens is 2. The molecule has 13 heavy (non-hydrogen) atoms. The first kappa shape index (κ1) is 8.26. The number of nitrogens with zero attached hydrogens (tertiary/aromatic N) is 1. The molecule has 66 valence electrons. The van der Waals surface area contributed by atoms with Crippen LogP contribution in [0.3, 0.4) is 0 Å². The molecule has 2 aromatic heterocycles. The topological polar surface area (TPSA) is 28.7 Å². The van der Waals surface area contributed by atoms with E-state index in [1.165, 1.54) is 12.3 Å². The van der Waals surface area contributed by atoms with E-state index in [1.807, 2.05) is 12.1 Å². The lowest BCUT2D eigenvalue weighted by atomic mass is 10.2. The van der Waals surface area contributed by atoms with E-state index in [0.717, 1.165) is 11.3 Å². The van der Waals surface area contributed by atoms with Crippen LogP contribution >= 0.6 is 11.6 Å². The molecule has 2 rings (SSSR count). The van der Waals surface area contributed by atoms with Gasteiger partial charge in [0, 0.05) is 23.7 Å². The van der Waals surface area contributed by atoms with Crippen molar-refractivity contribution >= 4 is 11.6 Å². The molecule has 0 unspecified atom stereocenters. The van der Waals surface area contributed by atoms with E-state index < -0.39 is 5.95 Å². The van der Waals surface area contributed by atoms with Crippen LogP contribution in [0, 0.1) is 5.95 Å². The summed E-state index contributed by atoms with van der Waals surface area (Å²) in [6, 6.07) is 5.26. The van der Waals surface area contributed by atoms with E-state index in [2.05, 4.69) is 9.97 Å². The molecule has 0 spiro atoms.